The van der Waals surface area contributed by atoms with Gasteiger partial charge in [-0.15, -0.1) is 0 Å². The second-order valence-corrected chi connectivity index (χ2v) is 4.64. The van der Waals surface area contributed by atoms with Crippen LogP contribution in [0.25, 0.3) is 0 Å². The highest BCUT2D eigenvalue weighted by Gasteiger charge is 2.23. The van der Waals surface area contributed by atoms with Crippen molar-refractivity contribution in [3.63, 3.8) is 0 Å². The van der Waals surface area contributed by atoms with Crippen molar-refractivity contribution in [3.8, 4) is 0 Å². The standard InChI is InChI=1S/C10H9BrF2INO2/c1-2-17-10(16)7-6(3-11)15-4-5(8(7)14)9(12)13/h4,9H,2-3H2,1H3. The second kappa shape index (κ2) is 6.58. The maximum Gasteiger partial charge on any atom is 0.341 e. The molecule has 17 heavy (non-hydrogen) atoms. The topological polar surface area (TPSA) is 39.2 Å². The third-order valence-electron chi connectivity index (χ3n) is 1.96. The highest BCUT2D eigenvalue weighted by molar-refractivity contribution is 14.1. The van der Waals surface area contributed by atoms with Crippen LogP contribution in [-0.4, -0.2) is 17.6 Å². The van der Waals surface area contributed by atoms with Crippen molar-refractivity contribution in [2.45, 2.75) is 18.7 Å². The first-order valence-corrected chi connectivity index (χ1v) is 6.91. The number of nitrogens with zero attached hydrogens (tertiary/aromatic N) is 1. The molecule has 0 aliphatic carbocycles. The molecule has 1 aromatic rings. The molecule has 0 saturated heterocycles. The normalized spacial score (nSPS) is 10.7. The Labute approximate surface area is 119 Å². The SMILES string of the molecule is CCOC(=O)c1c(CBr)ncc(C(F)F)c1I. The molecule has 0 aromatic carbocycles. The summed E-state index contributed by atoms with van der Waals surface area (Å²) in [5.41, 5.74) is 0.262. The van der Waals surface area contributed by atoms with Gasteiger partial charge >= 0.3 is 5.97 Å². The van der Waals surface area contributed by atoms with Gasteiger partial charge in [0.15, 0.2) is 0 Å². The Balaban J connectivity index is 3.32. The maximum atomic E-state index is 12.7. The summed E-state index contributed by atoms with van der Waals surface area (Å²) < 4.78 is 30.4. The van der Waals surface area contributed by atoms with E-state index in [2.05, 4.69) is 20.9 Å². The van der Waals surface area contributed by atoms with E-state index >= 15 is 0 Å². The third kappa shape index (κ3) is 3.34. The minimum absolute atomic E-state index is 0.113. The van der Waals surface area contributed by atoms with Crippen LogP contribution in [0.1, 0.15) is 35.0 Å². The molecule has 7 heteroatoms. The fraction of sp³-hybridized carbons (Fsp3) is 0.400. The predicted octanol–water partition coefficient (Wildman–Crippen LogP) is 3.70. The molecule has 3 nitrogen and oxygen atoms in total. The Kier molecular flexibility index (Phi) is 5.71. The van der Waals surface area contributed by atoms with Gasteiger partial charge < -0.3 is 4.74 Å². The number of esters is 1. The van der Waals surface area contributed by atoms with Crippen LogP contribution in [-0.2, 0) is 10.1 Å². The third-order valence-corrected chi connectivity index (χ3v) is 3.66. The van der Waals surface area contributed by atoms with E-state index < -0.39 is 12.4 Å². The van der Waals surface area contributed by atoms with Crippen molar-refractivity contribution >= 4 is 44.5 Å². The summed E-state index contributed by atoms with van der Waals surface area (Å²) in [5, 5.41) is 0.306. The number of pyridine rings is 1. The molecule has 0 atom stereocenters. The summed E-state index contributed by atoms with van der Waals surface area (Å²) in [6, 6.07) is 0. The van der Waals surface area contributed by atoms with Gasteiger partial charge in [0, 0.05) is 15.1 Å². The smallest absolute Gasteiger partial charge is 0.341 e. The van der Waals surface area contributed by atoms with Crippen LogP contribution in [0.4, 0.5) is 8.78 Å². The number of hydrogen-bond donors (Lipinski definition) is 0. The number of rotatable bonds is 4. The quantitative estimate of drug-likeness (QED) is 0.424. The molecule has 0 unspecified atom stereocenters. The first kappa shape index (κ1) is 14.7. The van der Waals surface area contributed by atoms with E-state index in [1.165, 1.54) is 0 Å². The lowest BCUT2D eigenvalue weighted by atomic mass is 10.1. The van der Waals surface area contributed by atoms with Crippen LogP contribution >= 0.6 is 38.5 Å². The molecule has 1 heterocycles. The fourth-order valence-corrected chi connectivity index (χ4v) is 2.54. The number of ether oxygens (including phenoxy) is 1. The van der Waals surface area contributed by atoms with E-state index in [1.807, 2.05) is 0 Å². The van der Waals surface area contributed by atoms with Gasteiger partial charge in [-0.3, -0.25) is 4.98 Å². The van der Waals surface area contributed by atoms with E-state index in [9.17, 15) is 13.6 Å². The van der Waals surface area contributed by atoms with Gasteiger partial charge in [0.2, 0.25) is 0 Å². The summed E-state index contributed by atoms with van der Waals surface area (Å²) in [6.45, 7) is 1.85. The van der Waals surface area contributed by atoms with E-state index in [0.717, 1.165) is 6.20 Å². The molecule has 0 aliphatic heterocycles. The Morgan fingerprint density at radius 2 is 2.29 bits per heavy atom. The zero-order valence-electron chi connectivity index (χ0n) is 8.84. The van der Waals surface area contributed by atoms with Crippen LogP contribution in [0.15, 0.2) is 6.20 Å². The fourth-order valence-electron chi connectivity index (χ4n) is 1.20. The molecule has 0 bridgehead atoms. The van der Waals surface area contributed by atoms with Crippen LogP contribution in [0.3, 0.4) is 0 Å². The lowest BCUT2D eigenvalue weighted by Crippen LogP contribution is -2.13. The summed E-state index contributed by atoms with van der Waals surface area (Å²) in [6.07, 6.45) is -1.57. The van der Waals surface area contributed by atoms with Gasteiger partial charge in [-0.05, 0) is 29.5 Å². The zero-order valence-corrected chi connectivity index (χ0v) is 12.6. The van der Waals surface area contributed by atoms with Gasteiger partial charge in [-0.2, -0.15) is 0 Å². The predicted molar refractivity (Wildman–Crippen MR) is 70.5 cm³/mol. The van der Waals surface area contributed by atoms with Crippen molar-refractivity contribution in [2.24, 2.45) is 0 Å². The Morgan fingerprint density at radius 1 is 1.65 bits per heavy atom. The van der Waals surface area contributed by atoms with Crippen LogP contribution in [0, 0.1) is 3.57 Å². The van der Waals surface area contributed by atoms with Gasteiger partial charge in [-0.25, -0.2) is 13.6 Å². The number of carbonyl (C=O) groups is 1. The number of alkyl halides is 3. The Hall–Kier alpha value is -0.310. The van der Waals surface area contributed by atoms with Crippen molar-refractivity contribution in [3.05, 3.63) is 26.6 Å². The van der Waals surface area contributed by atoms with Crippen molar-refractivity contribution in [1.29, 1.82) is 0 Å². The second-order valence-electron chi connectivity index (χ2n) is 3.00. The summed E-state index contributed by atoms with van der Waals surface area (Å²) in [5.74, 6) is -0.624. The zero-order chi connectivity index (χ0) is 13.0. The van der Waals surface area contributed by atoms with Crippen LogP contribution < -0.4 is 0 Å². The van der Waals surface area contributed by atoms with Gasteiger partial charge in [0.05, 0.1) is 23.4 Å². The molecule has 1 rings (SSSR count). The molecular weight excluding hydrogens is 411 g/mol. The first-order chi connectivity index (χ1) is 8.02. The lowest BCUT2D eigenvalue weighted by molar-refractivity contribution is 0.0523. The van der Waals surface area contributed by atoms with Crippen molar-refractivity contribution < 1.29 is 18.3 Å². The molecule has 0 radical (unpaired) electrons. The molecular formula is C10H9BrF2INO2. The monoisotopic (exact) mass is 419 g/mol. The van der Waals surface area contributed by atoms with Crippen LogP contribution in [0.2, 0.25) is 0 Å². The molecule has 0 fully saturated rings. The highest BCUT2D eigenvalue weighted by Crippen LogP contribution is 2.29. The number of halogens is 4. The lowest BCUT2D eigenvalue weighted by Gasteiger charge is -2.11. The molecule has 0 amide bonds. The van der Waals surface area contributed by atoms with Gasteiger partial charge in [0.1, 0.15) is 0 Å². The molecule has 94 valence electrons. The van der Waals surface area contributed by atoms with Gasteiger partial charge in [0.25, 0.3) is 6.43 Å². The van der Waals surface area contributed by atoms with E-state index in [0.29, 0.717) is 11.0 Å². The maximum absolute atomic E-state index is 12.7. The summed E-state index contributed by atoms with van der Waals surface area (Å²) >= 11 is 4.88. The average molecular weight is 420 g/mol. The van der Waals surface area contributed by atoms with Crippen LogP contribution in [0.5, 0.6) is 0 Å². The van der Waals surface area contributed by atoms with E-state index in [4.69, 9.17) is 4.74 Å². The molecule has 0 N–H and O–H groups in total. The Morgan fingerprint density at radius 3 is 2.76 bits per heavy atom. The first-order valence-electron chi connectivity index (χ1n) is 4.71. The molecule has 1 aromatic heterocycles. The molecule has 0 aliphatic rings. The largest absolute Gasteiger partial charge is 0.462 e. The van der Waals surface area contributed by atoms with Crippen molar-refractivity contribution in [2.75, 3.05) is 6.61 Å². The molecule has 0 saturated carbocycles. The van der Waals surface area contributed by atoms with E-state index in [1.54, 1.807) is 29.5 Å². The minimum Gasteiger partial charge on any atom is -0.462 e. The van der Waals surface area contributed by atoms with E-state index in [-0.39, 0.29) is 21.3 Å². The summed E-state index contributed by atoms with van der Waals surface area (Å²) in [4.78, 5) is 15.5. The number of carbonyl (C=O) groups excluding carboxylic acids is 1. The number of aromatic nitrogens is 1. The number of hydrogen-bond acceptors (Lipinski definition) is 3. The summed E-state index contributed by atoms with van der Waals surface area (Å²) in [7, 11) is 0. The Bertz CT molecular complexity index is 429. The van der Waals surface area contributed by atoms with Gasteiger partial charge in [-0.1, -0.05) is 15.9 Å². The highest BCUT2D eigenvalue weighted by atomic mass is 127. The average Bonchev–Trinajstić information content (AvgIpc) is 2.27. The van der Waals surface area contributed by atoms with Crippen molar-refractivity contribution in [1.82, 2.24) is 4.98 Å². The minimum atomic E-state index is -2.66. The molecule has 0 spiro atoms.